The fourth-order valence-electron chi connectivity index (χ4n) is 3.89. The Morgan fingerprint density at radius 3 is 2.52 bits per heavy atom. The molecule has 2 unspecified atom stereocenters. The number of fused-ring (bicyclic) bond motifs is 1. The van der Waals surface area contributed by atoms with Crippen molar-refractivity contribution in [2.24, 2.45) is 5.92 Å². The lowest BCUT2D eigenvalue weighted by Gasteiger charge is -2.43. The van der Waals surface area contributed by atoms with E-state index in [0.29, 0.717) is 23.4 Å². The van der Waals surface area contributed by atoms with Crippen molar-refractivity contribution in [2.75, 3.05) is 19.6 Å². The largest absolute Gasteiger partial charge is 0.340 e. The monoisotopic (exact) mass is 374 g/mol. The van der Waals surface area contributed by atoms with Crippen molar-refractivity contribution in [3.63, 3.8) is 0 Å². The highest BCUT2D eigenvalue weighted by molar-refractivity contribution is 6.30. The zero-order valence-electron chi connectivity index (χ0n) is 13.9. The molecular weight excluding hydrogens is 355 g/mol. The van der Waals surface area contributed by atoms with Crippen LogP contribution in [-0.4, -0.2) is 41.4 Å². The van der Waals surface area contributed by atoms with E-state index in [4.69, 9.17) is 23.2 Å². The van der Waals surface area contributed by atoms with E-state index in [2.05, 4.69) is 11.0 Å². The van der Waals surface area contributed by atoms with Crippen LogP contribution in [0.25, 0.3) is 0 Å². The van der Waals surface area contributed by atoms with Crippen LogP contribution in [-0.2, 0) is 17.8 Å². The molecule has 5 heteroatoms. The van der Waals surface area contributed by atoms with Crippen molar-refractivity contribution in [3.8, 4) is 0 Å². The third kappa shape index (κ3) is 3.69. The van der Waals surface area contributed by atoms with Crippen LogP contribution in [0.4, 0.5) is 0 Å². The van der Waals surface area contributed by atoms with Crippen molar-refractivity contribution >= 4 is 29.1 Å². The highest BCUT2D eigenvalue weighted by Gasteiger charge is 2.46. The fourth-order valence-corrected chi connectivity index (χ4v) is 4.23. The average Bonchev–Trinajstić information content (AvgIpc) is 2.92. The number of likely N-dealkylation sites (tertiary alicyclic amines) is 2. The van der Waals surface area contributed by atoms with Gasteiger partial charge in [0, 0.05) is 48.2 Å². The standard InChI is InChI=1S/C20H20Cl2N2O/c21-17-6-4-14(5-7-17)9-20(25)24-12-16-11-23(19(16)13-24)10-15-2-1-3-18(22)8-15/h1-8,16,19H,9-13H2. The Balaban J connectivity index is 1.33. The number of benzene rings is 2. The Bertz CT molecular complexity index is 778. The van der Waals surface area contributed by atoms with Crippen molar-refractivity contribution in [1.29, 1.82) is 0 Å². The van der Waals surface area contributed by atoms with E-state index in [9.17, 15) is 4.79 Å². The molecule has 0 spiro atoms. The molecule has 25 heavy (non-hydrogen) atoms. The molecule has 4 rings (SSSR count). The molecule has 0 bridgehead atoms. The van der Waals surface area contributed by atoms with Crippen LogP contribution < -0.4 is 0 Å². The average molecular weight is 375 g/mol. The summed E-state index contributed by atoms with van der Waals surface area (Å²) in [5, 5.41) is 1.48. The molecule has 1 amide bonds. The Hall–Kier alpha value is -1.55. The second-order valence-electron chi connectivity index (χ2n) is 6.99. The summed E-state index contributed by atoms with van der Waals surface area (Å²) in [6, 6.07) is 16.0. The Labute approximate surface area is 158 Å². The number of carbonyl (C=O) groups excluding carboxylic acids is 1. The van der Waals surface area contributed by atoms with Gasteiger partial charge in [-0.2, -0.15) is 0 Å². The van der Waals surface area contributed by atoms with Crippen LogP contribution in [0.15, 0.2) is 48.5 Å². The summed E-state index contributed by atoms with van der Waals surface area (Å²) in [5.74, 6) is 0.813. The number of amides is 1. The quantitative estimate of drug-likeness (QED) is 0.810. The maximum Gasteiger partial charge on any atom is 0.227 e. The van der Waals surface area contributed by atoms with E-state index in [1.165, 1.54) is 5.56 Å². The molecule has 2 fully saturated rings. The minimum absolute atomic E-state index is 0.208. The fraction of sp³-hybridized carbons (Fsp3) is 0.350. The van der Waals surface area contributed by atoms with E-state index < -0.39 is 0 Å². The molecule has 2 atom stereocenters. The van der Waals surface area contributed by atoms with Gasteiger partial charge in [0.15, 0.2) is 0 Å². The van der Waals surface area contributed by atoms with Gasteiger partial charge < -0.3 is 4.90 Å². The van der Waals surface area contributed by atoms with Gasteiger partial charge in [-0.25, -0.2) is 0 Å². The summed E-state index contributed by atoms with van der Waals surface area (Å²) in [5.41, 5.74) is 2.25. The minimum Gasteiger partial charge on any atom is -0.340 e. The van der Waals surface area contributed by atoms with Gasteiger partial charge in [-0.1, -0.05) is 47.5 Å². The summed E-state index contributed by atoms with van der Waals surface area (Å²) >= 11 is 12.0. The number of hydrogen-bond donors (Lipinski definition) is 0. The summed E-state index contributed by atoms with van der Waals surface area (Å²) in [7, 11) is 0. The summed E-state index contributed by atoms with van der Waals surface area (Å²) in [6.07, 6.45) is 0.449. The van der Waals surface area contributed by atoms with Gasteiger partial charge in [0.05, 0.1) is 6.42 Å². The van der Waals surface area contributed by atoms with Gasteiger partial charge in [-0.3, -0.25) is 9.69 Å². The van der Waals surface area contributed by atoms with Crippen LogP contribution in [0.3, 0.4) is 0 Å². The first-order valence-corrected chi connectivity index (χ1v) is 9.35. The number of nitrogens with zero attached hydrogens (tertiary/aromatic N) is 2. The molecular formula is C20H20Cl2N2O. The number of halogens is 2. The number of rotatable bonds is 4. The molecule has 3 nitrogen and oxygen atoms in total. The van der Waals surface area contributed by atoms with E-state index in [1.54, 1.807) is 0 Å². The molecule has 2 aromatic carbocycles. The molecule has 2 heterocycles. The lowest BCUT2D eigenvalue weighted by Crippen LogP contribution is -2.54. The SMILES string of the molecule is O=C(Cc1ccc(Cl)cc1)N1CC2CN(Cc3cccc(Cl)c3)C2C1. The predicted molar refractivity (Wildman–Crippen MR) is 101 cm³/mol. The normalized spacial score (nSPS) is 22.6. The molecule has 2 aromatic rings. The second-order valence-corrected chi connectivity index (χ2v) is 7.86. The highest BCUT2D eigenvalue weighted by atomic mass is 35.5. The first kappa shape index (κ1) is 16.9. The zero-order chi connectivity index (χ0) is 17.4. The summed E-state index contributed by atoms with van der Waals surface area (Å²) in [4.78, 5) is 17.1. The van der Waals surface area contributed by atoms with Crippen molar-refractivity contribution in [2.45, 2.75) is 19.0 Å². The van der Waals surface area contributed by atoms with Gasteiger partial charge in [-0.15, -0.1) is 0 Å². The Morgan fingerprint density at radius 2 is 1.76 bits per heavy atom. The first-order chi connectivity index (χ1) is 12.1. The molecule has 0 aliphatic carbocycles. The third-order valence-electron chi connectivity index (χ3n) is 5.24. The highest BCUT2D eigenvalue weighted by Crippen LogP contribution is 2.34. The molecule has 0 radical (unpaired) electrons. The van der Waals surface area contributed by atoms with E-state index in [-0.39, 0.29) is 5.91 Å². The van der Waals surface area contributed by atoms with Crippen LogP contribution in [0.1, 0.15) is 11.1 Å². The van der Waals surface area contributed by atoms with Gasteiger partial charge in [0.2, 0.25) is 5.91 Å². The topological polar surface area (TPSA) is 23.6 Å². The lowest BCUT2D eigenvalue weighted by atomic mass is 9.91. The van der Waals surface area contributed by atoms with Gasteiger partial charge in [-0.05, 0) is 35.4 Å². The van der Waals surface area contributed by atoms with Crippen molar-refractivity contribution in [3.05, 3.63) is 69.7 Å². The van der Waals surface area contributed by atoms with Crippen molar-refractivity contribution < 1.29 is 4.79 Å². The summed E-state index contributed by atoms with van der Waals surface area (Å²) in [6.45, 7) is 3.67. The molecule has 2 aliphatic rings. The maximum atomic E-state index is 12.6. The smallest absolute Gasteiger partial charge is 0.227 e. The zero-order valence-corrected chi connectivity index (χ0v) is 15.4. The third-order valence-corrected chi connectivity index (χ3v) is 5.73. The lowest BCUT2D eigenvalue weighted by molar-refractivity contribution is -0.129. The minimum atomic E-state index is 0.208. The van der Waals surface area contributed by atoms with Gasteiger partial charge >= 0.3 is 0 Å². The molecule has 0 N–H and O–H groups in total. The molecule has 0 aromatic heterocycles. The van der Waals surface area contributed by atoms with Crippen LogP contribution >= 0.6 is 23.2 Å². The molecule has 2 aliphatic heterocycles. The van der Waals surface area contributed by atoms with Crippen LogP contribution in [0.5, 0.6) is 0 Å². The number of carbonyl (C=O) groups is 1. The van der Waals surface area contributed by atoms with E-state index in [1.807, 2.05) is 47.4 Å². The van der Waals surface area contributed by atoms with E-state index in [0.717, 1.165) is 36.8 Å². The van der Waals surface area contributed by atoms with Crippen molar-refractivity contribution in [1.82, 2.24) is 9.80 Å². The van der Waals surface area contributed by atoms with Crippen LogP contribution in [0.2, 0.25) is 10.0 Å². The molecule has 130 valence electrons. The Morgan fingerprint density at radius 1 is 0.960 bits per heavy atom. The predicted octanol–water partition coefficient (Wildman–Crippen LogP) is 3.88. The van der Waals surface area contributed by atoms with Crippen LogP contribution in [0, 0.1) is 5.92 Å². The Kier molecular flexibility index (Phi) is 4.72. The molecule has 2 saturated heterocycles. The van der Waals surface area contributed by atoms with Gasteiger partial charge in [0.25, 0.3) is 0 Å². The summed E-state index contributed by atoms with van der Waals surface area (Å²) < 4.78 is 0. The van der Waals surface area contributed by atoms with E-state index >= 15 is 0 Å². The molecule has 0 saturated carbocycles. The first-order valence-electron chi connectivity index (χ1n) is 8.59. The number of hydrogen-bond acceptors (Lipinski definition) is 2. The second kappa shape index (κ2) is 6.99. The maximum absolute atomic E-state index is 12.6. The van der Waals surface area contributed by atoms with Gasteiger partial charge in [0.1, 0.15) is 0 Å².